The highest BCUT2D eigenvalue weighted by Gasteiger charge is 2.03. The molecule has 0 amide bonds. The maximum absolute atomic E-state index is 5.32. The second kappa shape index (κ2) is 8.40. The average molecular weight is 223 g/mol. The molecule has 0 aromatic carbocycles. The van der Waals surface area contributed by atoms with Crippen molar-refractivity contribution < 1.29 is 4.42 Å². The third kappa shape index (κ3) is 5.96. The van der Waals surface area contributed by atoms with E-state index in [1.807, 2.05) is 12.1 Å². The largest absolute Gasteiger partial charge is 0.469 e. The first-order chi connectivity index (χ1) is 7.83. The molecule has 1 heterocycles. The van der Waals surface area contributed by atoms with Crippen LogP contribution in [-0.4, -0.2) is 12.6 Å². The number of furan rings is 1. The van der Waals surface area contributed by atoms with Gasteiger partial charge in [0, 0.05) is 12.5 Å². The van der Waals surface area contributed by atoms with E-state index in [0.717, 1.165) is 18.7 Å². The Hall–Kier alpha value is -0.760. The van der Waals surface area contributed by atoms with Gasteiger partial charge in [-0.25, -0.2) is 0 Å². The second-order valence-electron chi connectivity index (χ2n) is 4.55. The van der Waals surface area contributed by atoms with Crippen molar-refractivity contribution in [1.82, 2.24) is 5.32 Å². The molecule has 1 atom stereocenters. The SMILES string of the molecule is CCCCCCCNC(C)Cc1ccco1. The first-order valence-electron chi connectivity index (χ1n) is 6.58. The Morgan fingerprint density at radius 1 is 1.25 bits per heavy atom. The Bertz CT molecular complexity index is 243. The molecule has 1 aromatic rings. The van der Waals surface area contributed by atoms with Gasteiger partial charge in [-0.05, 0) is 32.0 Å². The molecule has 0 saturated carbocycles. The molecule has 0 fully saturated rings. The lowest BCUT2D eigenvalue weighted by molar-refractivity contribution is 0.450. The Kier molecular flexibility index (Phi) is 6.98. The second-order valence-corrected chi connectivity index (χ2v) is 4.55. The standard InChI is InChI=1S/C14H25NO/c1-3-4-5-6-7-10-15-13(2)12-14-9-8-11-16-14/h8-9,11,13,15H,3-7,10,12H2,1-2H3. The van der Waals surface area contributed by atoms with Gasteiger partial charge in [-0.3, -0.25) is 0 Å². The predicted octanol–water partition coefficient (Wildman–Crippen LogP) is 3.77. The fourth-order valence-electron chi connectivity index (χ4n) is 1.88. The Morgan fingerprint density at radius 2 is 2.06 bits per heavy atom. The molecule has 1 unspecified atom stereocenters. The van der Waals surface area contributed by atoms with Gasteiger partial charge in [0.25, 0.3) is 0 Å². The molecule has 2 nitrogen and oxygen atoms in total. The summed E-state index contributed by atoms with van der Waals surface area (Å²) in [5.41, 5.74) is 0. The number of rotatable bonds is 9. The minimum atomic E-state index is 0.511. The lowest BCUT2D eigenvalue weighted by Gasteiger charge is -2.12. The molecular weight excluding hydrogens is 198 g/mol. The van der Waals surface area contributed by atoms with Gasteiger partial charge in [-0.1, -0.05) is 32.6 Å². The first-order valence-corrected chi connectivity index (χ1v) is 6.58. The molecule has 2 heteroatoms. The summed E-state index contributed by atoms with van der Waals surface area (Å²) in [5.74, 6) is 1.07. The minimum absolute atomic E-state index is 0.511. The van der Waals surface area contributed by atoms with Gasteiger partial charge in [0.2, 0.25) is 0 Å². The average Bonchev–Trinajstić information content (AvgIpc) is 2.76. The van der Waals surface area contributed by atoms with Gasteiger partial charge in [-0.15, -0.1) is 0 Å². The number of hydrogen-bond acceptors (Lipinski definition) is 2. The fourth-order valence-corrected chi connectivity index (χ4v) is 1.88. The highest BCUT2D eigenvalue weighted by Crippen LogP contribution is 2.05. The van der Waals surface area contributed by atoms with Crippen LogP contribution < -0.4 is 5.32 Å². The van der Waals surface area contributed by atoms with Crippen LogP contribution in [0.3, 0.4) is 0 Å². The maximum Gasteiger partial charge on any atom is 0.105 e. The van der Waals surface area contributed by atoms with Crippen molar-refractivity contribution in [3.63, 3.8) is 0 Å². The zero-order valence-electron chi connectivity index (χ0n) is 10.7. The van der Waals surface area contributed by atoms with Gasteiger partial charge >= 0.3 is 0 Å². The van der Waals surface area contributed by atoms with Crippen LogP contribution in [0.4, 0.5) is 0 Å². The zero-order chi connectivity index (χ0) is 11.6. The Labute approximate surface area is 99.4 Å². The number of unbranched alkanes of at least 4 members (excludes halogenated alkanes) is 4. The number of nitrogens with one attached hydrogen (secondary N) is 1. The van der Waals surface area contributed by atoms with Crippen LogP contribution in [0, 0.1) is 0 Å². The van der Waals surface area contributed by atoms with Gasteiger partial charge in [0.1, 0.15) is 5.76 Å². The first kappa shape index (κ1) is 13.3. The maximum atomic E-state index is 5.32. The molecule has 1 aromatic heterocycles. The summed E-state index contributed by atoms with van der Waals surface area (Å²) >= 11 is 0. The normalized spacial score (nSPS) is 12.9. The van der Waals surface area contributed by atoms with Gasteiger partial charge in [-0.2, -0.15) is 0 Å². The molecule has 16 heavy (non-hydrogen) atoms. The zero-order valence-corrected chi connectivity index (χ0v) is 10.7. The van der Waals surface area contributed by atoms with Crippen LogP contribution in [0.1, 0.15) is 51.7 Å². The molecule has 1 N–H and O–H groups in total. The third-order valence-electron chi connectivity index (χ3n) is 2.86. The molecule has 0 spiro atoms. The van der Waals surface area contributed by atoms with Crippen LogP contribution in [0.2, 0.25) is 0 Å². The molecule has 1 rings (SSSR count). The molecule has 0 saturated heterocycles. The lowest BCUT2D eigenvalue weighted by atomic mass is 10.1. The van der Waals surface area contributed by atoms with Crippen molar-refractivity contribution in [2.24, 2.45) is 0 Å². The van der Waals surface area contributed by atoms with E-state index in [1.54, 1.807) is 6.26 Å². The molecule has 0 aliphatic heterocycles. The van der Waals surface area contributed by atoms with Gasteiger partial charge < -0.3 is 9.73 Å². The van der Waals surface area contributed by atoms with Crippen LogP contribution in [0.25, 0.3) is 0 Å². The summed E-state index contributed by atoms with van der Waals surface area (Å²) in [4.78, 5) is 0. The highest BCUT2D eigenvalue weighted by molar-refractivity contribution is 4.99. The molecule has 0 radical (unpaired) electrons. The van der Waals surface area contributed by atoms with Crippen molar-refractivity contribution in [1.29, 1.82) is 0 Å². The Balaban J connectivity index is 1.96. The van der Waals surface area contributed by atoms with Crippen molar-refractivity contribution in [2.75, 3.05) is 6.54 Å². The predicted molar refractivity (Wildman–Crippen MR) is 68.6 cm³/mol. The van der Waals surface area contributed by atoms with Crippen LogP contribution >= 0.6 is 0 Å². The van der Waals surface area contributed by atoms with Crippen LogP contribution in [-0.2, 0) is 6.42 Å². The van der Waals surface area contributed by atoms with Gasteiger partial charge in [0.15, 0.2) is 0 Å². The van der Waals surface area contributed by atoms with E-state index in [1.165, 1.54) is 32.1 Å². The molecule has 92 valence electrons. The summed E-state index contributed by atoms with van der Waals surface area (Å²) < 4.78 is 5.32. The van der Waals surface area contributed by atoms with Crippen molar-refractivity contribution in [3.05, 3.63) is 24.2 Å². The quantitative estimate of drug-likeness (QED) is 0.645. The summed E-state index contributed by atoms with van der Waals surface area (Å²) in [6, 6.07) is 4.50. The van der Waals surface area contributed by atoms with Crippen LogP contribution in [0.15, 0.2) is 22.8 Å². The van der Waals surface area contributed by atoms with E-state index in [4.69, 9.17) is 4.42 Å². The smallest absolute Gasteiger partial charge is 0.105 e. The summed E-state index contributed by atoms with van der Waals surface area (Å²) in [5, 5.41) is 3.54. The molecule has 0 aliphatic carbocycles. The van der Waals surface area contributed by atoms with Crippen molar-refractivity contribution in [3.8, 4) is 0 Å². The Morgan fingerprint density at radius 3 is 2.75 bits per heavy atom. The van der Waals surface area contributed by atoms with Crippen LogP contribution in [0.5, 0.6) is 0 Å². The summed E-state index contributed by atoms with van der Waals surface area (Å²) in [6.45, 7) is 5.60. The minimum Gasteiger partial charge on any atom is -0.469 e. The summed E-state index contributed by atoms with van der Waals surface area (Å²) in [7, 11) is 0. The van der Waals surface area contributed by atoms with E-state index in [0.29, 0.717) is 6.04 Å². The third-order valence-corrected chi connectivity index (χ3v) is 2.86. The van der Waals surface area contributed by atoms with E-state index >= 15 is 0 Å². The molecule has 0 aliphatic rings. The van der Waals surface area contributed by atoms with Crippen molar-refractivity contribution >= 4 is 0 Å². The molecular formula is C14H25NO. The number of hydrogen-bond donors (Lipinski definition) is 1. The van der Waals surface area contributed by atoms with Gasteiger partial charge in [0.05, 0.1) is 6.26 Å². The van der Waals surface area contributed by atoms with E-state index in [2.05, 4.69) is 19.2 Å². The monoisotopic (exact) mass is 223 g/mol. The van der Waals surface area contributed by atoms with E-state index in [9.17, 15) is 0 Å². The van der Waals surface area contributed by atoms with E-state index in [-0.39, 0.29) is 0 Å². The van der Waals surface area contributed by atoms with E-state index < -0.39 is 0 Å². The topological polar surface area (TPSA) is 25.2 Å². The van der Waals surface area contributed by atoms with Crippen molar-refractivity contribution in [2.45, 2.75) is 58.4 Å². The molecule has 0 bridgehead atoms. The fraction of sp³-hybridized carbons (Fsp3) is 0.714. The highest BCUT2D eigenvalue weighted by atomic mass is 16.3. The lowest BCUT2D eigenvalue weighted by Crippen LogP contribution is -2.28. The summed E-state index contributed by atoms with van der Waals surface area (Å²) in [6.07, 6.45) is 9.46.